The van der Waals surface area contributed by atoms with Crippen LogP contribution in [0.2, 0.25) is 0 Å². The highest BCUT2D eigenvalue weighted by molar-refractivity contribution is 7.25. The molecule has 11 rings (SSSR count). The van der Waals surface area contributed by atoms with Gasteiger partial charge in [-0.1, -0.05) is 146 Å². The van der Waals surface area contributed by atoms with Crippen LogP contribution in [0.3, 0.4) is 0 Å². The molecule has 0 atom stereocenters. The summed E-state index contributed by atoms with van der Waals surface area (Å²) in [6.07, 6.45) is 0. The second-order valence-corrected chi connectivity index (χ2v) is 14.7. The minimum absolute atomic E-state index is 0.648. The van der Waals surface area contributed by atoms with Gasteiger partial charge in [-0.3, -0.25) is 0 Å². The fourth-order valence-electron chi connectivity index (χ4n) is 7.87. The Morgan fingerprint density at radius 2 is 0.792 bits per heavy atom. The molecule has 0 spiro atoms. The van der Waals surface area contributed by atoms with Gasteiger partial charge in [0.15, 0.2) is 17.5 Å². The average Bonchev–Trinajstić information content (AvgIpc) is 3.61. The predicted molar refractivity (Wildman–Crippen MR) is 224 cm³/mol. The zero-order chi connectivity index (χ0) is 34.9. The Morgan fingerprint density at radius 3 is 1.58 bits per heavy atom. The lowest BCUT2D eigenvalue weighted by Gasteiger charge is -2.11. The summed E-state index contributed by atoms with van der Waals surface area (Å²) in [6.45, 7) is 0. The quantitative estimate of drug-likeness (QED) is 0.172. The van der Waals surface area contributed by atoms with Gasteiger partial charge in [0, 0.05) is 36.9 Å². The number of nitrogens with zero attached hydrogens (tertiary/aromatic N) is 3. The van der Waals surface area contributed by atoms with Gasteiger partial charge in [-0.2, -0.15) is 0 Å². The molecule has 0 radical (unpaired) electrons. The Hall–Kier alpha value is -6.75. The third-order valence-electron chi connectivity index (χ3n) is 10.5. The number of hydrogen-bond acceptors (Lipinski definition) is 4. The van der Waals surface area contributed by atoms with E-state index in [0.717, 1.165) is 27.6 Å². The van der Waals surface area contributed by atoms with Crippen molar-refractivity contribution in [3.8, 4) is 45.3 Å². The van der Waals surface area contributed by atoms with Gasteiger partial charge in [0.1, 0.15) is 0 Å². The van der Waals surface area contributed by atoms with Crippen molar-refractivity contribution in [2.24, 2.45) is 0 Å². The number of hydrogen-bond donors (Lipinski definition) is 0. The van der Waals surface area contributed by atoms with Crippen LogP contribution in [0.5, 0.6) is 0 Å². The lowest BCUT2D eigenvalue weighted by Crippen LogP contribution is -2.00. The van der Waals surface area contributed by atoms with Crippen LogP contribution in [0.25, 0.3) is 109 Å². The molecule has 9 aromatic carbocycles. The molecule has 0 N–H and O–H groups in total. The monoisotopic (exact) mass is 691 g/mol. The van der Waals surface area contributed by atoms with E-state index < -0.39 is 0 Å². The molecule has 2 heterocycles. The number of benzene rings is 9. The van der Waals surface area contributed by atoms with Gasteiger partial charge >= 0.3 is 0 Å². The van der Waals surface area contributed by atoms with Crippen molar-refractivity contribution in [2.45, 2.75) is 0 Å². The summed E-state index contributed by atoms with van der Waals surface area (Å²) >= 11 is 1.81. The molecule has 0 unspecified atom stereocenters. The first-order valence-electron chi connectivity index (χ1n) is 17.8. The molecule has 4 heteroatoms. The molecule has 0 saturated heterocycles. The summed E-state index contributed by atoms with van der Waals surface area (Å²) in [5.74, 6) is 1.96. The first-order chi connectivity index (χ1) is 26.2. The van der Waals surface area contributed by atoms with Crippen molar-refractivity contribution in [3.63, 3.8) is 0 Å². The van der Waals surface area contributed by atoms with Crippen LogP contribution < -0.4 is 0 Å². The Balaban J connectivity index is 1.07. The molecule has 0 bridgehead atoms. The SMILES string of the molecule is c1ccc2c(-c3ccc(-c4nc(-c5ccc6c(ccc7c8ccccc8ccc67)c5)nc(-c5ccc6sc7ccccc7c6c5)n4)cc3)cccc2c1. The van der Waals surface area contributed by atoms with Gasteiger partial charge in [-0.15, -0.1) is 11.3 Å². The van der Waals surface area contributed by atoms with Gasteiger partial charge in [-0.25, -0.2) is 15.0 Å². The fourth-order valence-corrected chi connectivity index (χ4v) is 8.96. The Bertz CT molecular complexity index is 3230. The molecular weight excluding hydrogens is 663 g/mol. The van der Waals surface area contributed by atoms with Crippen LogP contribution >= 0.6 is 11.3 Å². The molecular formula is C49H29N3S. The van der Waals surface area contributed by atoms with Crippen LogP contribution in [0.15, 0.2) is 176 Å². The van der Waals surface area contributed by atoms with Crippen molar-refractivity contribution in [3.05, 3.63) is 176 Å². The number of thiophene rings is 1. The summed E-state index contributed by atoms with van der Waals surface area (Å²) in [6, 6.07) is 62.9. The molecule has 2 aromatic heterocycles. The zero-order valence-corrected chi connectivity index (χ0v) is 29.3. The number of rotatable bonds is 4. The molecule has 11 aromatic rings. The van der Waals surface area contributed by atoms with Gasteiger partial charge < -0.3 is 0 Å². The van der Waals surface area contributed by atoms with E-state index in [9.17, 15) is 0 Å². The van der Waals surface area contributed by atoms with E-state index in [-0.39, 0.29) is 0 Å². The molecule has 246 valence electrons. The van der Waals surface area contributed by atoms with E-state index in [1.807, 2.05) is 11.3 Å². The topological polar surface area (TPSA) is 38.7 Å². The predicted octanol–water partition coefficient (Wildman–Crippen LogP) is 13.5. The number of fused-ring (bicyclic) bond motifs is 9. The molecule has 0 aliphatic heterocycles. The van der Waals surface area contributed by atoms with E-state index in [1.54, 1.807) is 0 Å². The molecule has 0 aliphatic rings. The van der Waals surface area contributed by atoms with E-state index in [1.165, 1.54) is 63.4 Å². The minimum Gasteiger partial charge on any atom is -0.208 e. The summed E-state index contributed by atoms with van der Waals surface area (Å²) in [5.41, 5.74) is 5.23. The smallest absolute Gasteiger partial charge is 0.164 e. The third kappa shape index (κ3) is 4.99. The van der Waals surface area contributed by atoms with Gasteiger partial charge in [0.05, 0.1) is 0 Å². The van der Waals surface area contributed by atoms with Crippen LogP contribution in [-0.4, -0.2) is 15.0 Å². The molecule has 0 fully saturated rings. The van der Waals surface area contributed by atoms with Crippen LogP contribution in [-0.2, 0) is 0 Å². The van der Waals surface area contributed by atoms with E-state index in [2.05, 4.69) is 176 Å². The Labute approximate surface area is 309 Å². The second kappa shape index (κ2) is 11.9. The summed E-state index contributed by atoms with van der Waals surface area (Å²) in [7, 11) is 0. The summed E-state index contributed by atoms with van der Waals surface area (Å²) < 4.78 is 2.53. The second-order valence-electron chi connectivity index (χ2n) is 13.6. The van der Waals surface area contributed by atoms with Crippen molar-refractivity contribution in [2.75, 3.05) is 0 Å². The summed E-state index contributed by atoms with van der Waals surface area (Å²) in [4.78, 5) is 15.4. The minimum atomic E-state index is 0.648. The first-order valence-corrected chi connectivity index (χ1v) is 18.7. The average molecular weight is 692 g/mol. The van der Waals surface area contributed by atoms with Crippen LogP contribution in [0.4, 0.5) is 0 Å². The van der Waals surface area contributed by atoms with Crippen LogP contribution in [0.1, 0.15) is 0 Å². The maximum absolute atomic E-state index is 5.16. The fraction of sp³-hybridized carbons (Fsp3) is 0. The van der Waals surface area contributed by atoms with Crippen LogP contribution in [0, 0.1) is 0 Å². The Morgan fingerprint density at radius 1 is 0.283 bits per heavy atom. The standard InChI is InChI=1S/C49H29N3S/c1-3-11-37-30(8-1)10-7-14-38(37)32-16-18-33(19-17-32)47-50-48(52-49(51-47)36-23-27-46-44(29-36)43-13-5-6-15-45(43)53-46)35-22-24-40-34(28-35)21-26-41-39-12-4-2-9-31(39)20-25-42(40)41/h1-29H. The number of aromatic nitrogens is 3. The van der Waals surface area contributed by atoms with E-state index >= 15 is 0 Å². The first kappa shape index (κ1) is 29.9. The molecule has 53 heavy (non-hydrogen) atoms. The lowest BCUT2D eigenvalue weighted by molar-refractivity contribution is 1.08. The highest BCUT2D eigenvalue weighted by atomic mass is 32.1. The highest BCUT2D eigenvalue weighted by Gasteiger charge is 2.16. The summed E-state index contributed by atoms with van der Waals surface area (Å²) in [5, 5.41) is 12.3. The molecule has 0 saturated carbocycles. The van der Waals surface area contributed by atoms with Crippen molar-refractivity contribution >= 4 is 74.6 Å². The van der Waals surface area contributed by atoms with E-state index in [0.29, 0.717) is 17.5 Å². The highest BCUT2D eigenvalue weighted by Crippen LogP contribution is 2.38. The van der Waals surface area contributed by atoms with Gasteiger partial charge in [0.2, 0.25) is 0 Å². The lowest BCUT2D eigenvalue weighted by atomic mass is 9.96. The maximum atomic E-state index is 5.16. The third-order valence-corrected chi connectivity index (χ3v) is 11.7. The largest absolute Gasteiger partial charge is 0.208 e. The molecule has 3 nitrogen and oxygen atoms in total. The molecule has 0 aliphatic carbocycles. The Kier molecular flexibility index (Phi) is 6.73. The maximum Gasteiger partial charge on any atom is 0.164 e. The van der Waals surface area contributed by atoms with E-state index in [4.69, 9.17) is 15.0 Å². The van der Waals surface area contributed by atoms with Crippen molar-refractivity contribution < 1.29 is 0 Å². The van der Waals surface area contributed by atoms with Crippen molar-refractivity contribution in [1.82, 2.24) is 15.0 Å². The van der Waals surface area contributed by atoms with Gasteiger partial charge in [0.25, 0.3) is 0 Å². The van der Waals surface area contributed by atoms with Crippen molar-refractivity contribution in [1.29, 1.82) is 0 Å². The van der Waals surface area contributed by atoms with Gasteiger partial charge in [-0.05, 0) is 84.5 Å². The molecule has 0 amide bonds. The normalized spacial score (nSPS) is 11.8. The zero-order valence-electron chi connectivity index (χ0n) is 28.5.